The summed E-state index contributed by atoms with van der Waals surface area (Å²) in [6, 6.07) is 13.7. The van der Waals surface area contributed by atoms with Crippen LogP contribution in [0.1, 0.15) is 16.7 Å². The van der Waals surface area contributed by atoms with E-state index in [0.717, 1.165) is 18.5 Å². The topological polar surface area (TPSA) is 29.5 Å². The Kier molecular flexibility index (Phi) is 4.34. The lowest BCUT2D eigenvalue weighted by Crippen LogP contribution is -2.36. The fourth-order valence-corrected chi connectivity index (χ4v) is 3.02. The highest BCUT2D eigenvalue weighted by Crippen LogP contribution is 2.24. The molecule has 3 rings (SSSR count). The minimum atomic E-state index is 0.113. The van der Waals surface area contributed by atoms with E-state index in [9.17, 15) is 4.79 Å². The minimum absolute atomic E-state index is 0.113. The molecule has 0 N–H and O–H groups in total. The number of fused-ring (bicyclic) bond motifs is 1. The van der Waals surface area contributed by atoms with Gasteiger partial charge in [0.2, 0.25) is 5.91 Å². The van der Waals surface area contributed by atoms with Gasteiger partial charge in [-0.2, -0.15) is 0 Å². The number of carbonyl (C=O) groups is 1. The maximum atomic E-state index is 12.5. The van der Waals surface area contributed by atoms with Crippen LogP contribution in [0.2, 0.25) is 5.02 Å². The Bertz CT molecular complexity index is 699. The molecule has 0 aliphatic carbocycles. The van der Waals surface area contributed by atoms with Gasteiger partial charge in [0.1, 0.15) is 5.75 Å². The van der Waals surface area contributed by atoms with E-state index in [4.69, 9.17) is 16.3 Å². The molecule has 1 heterocycles. The highest BCUT2D eigenvalue weighted by Gasteiger charge is 2.21. The molecule has 2 aromatic rings. The second-order valence-electron chi connectivity index (χ2n) is 5.47. The number of nitrogens with zero attached hydrogens (tertiary/aromatic N) is 1. The summed E-state index contributed by atoms with van der Waals surface area (Å²) in [4.78, 5) is 14.4. The maximum absolute atomic E-state index is 12.5. The number of amides is 1. The highest BCUT2D eigenvalue weighted by atomic mass is 35.5. The summed E-state index contributed by atoms with van der Waals surface area (Å²) < 4.78 is 5.13. The number of rotatable bonds is 3. The molecule has 0 radical (unpaired) electrons. The van der Waals surface area contributed by atoms with Crippen LogP contribution >= 0.6 is 11.6 Å². The van der Waals surface area contributed by atoms with Crippen molar-refractivity contribution in [1.29, 1.82) is 0 Å². The summed E-state index contributed by atoms with van der Waals surface area (Å²) in [6.45, 7) is 1.45. The van der Waals surface area contributed by atoms with E-state index in [0.29, 0.717) is 23.7 Å². The molecule has 0 fully saturated rings. The fourth-order valence-electron chi connectivity index (χ4n) is 2.78. The molecule has 0 spiro atoms. The predicted octanol–water partition coefficient (Wildman–Crippen LogP) is 3.48. The molecular weight excluding hydrogens is 298 g/mol. The average molecular weight is 316 g/mol. The number of carbonyl (C=O) groups excluding carboxylic acids is 1. The highest BCUT2D eigenvalue weighted by molar-refractivity contribution is 6.31. The number of ether oxygens (including phenoxy) is 1. The molecule has 2 aromatic carbocycles. The van der Waals surface area contributed by atoms with Crippen LogP contribution in [-0.4, -0.2) is 24.5 Å². The fraction of sp³-hybridized carbons (Fsp3) is 0.278. The quantitative estimate of drug-likeness (QED) is 0.868. The summed E-state index contributed by atoms with van der Waals surface area (Å²) in [5, 5.41) is 0.574. The van der Waals surface area contributed by atoms with Gasteiger partial charge in [0.25, 0.3) is 0 Å². The van der Waals surface area contributed by atoms with Crippen molar-refractivity contribution in [2.45, 2.75) is 19.4 Å². The Labute approximate surface area is 135 Å². The molecule has 114 valence electrons. The van der Waals surface area contributed by atoms with Crippen LogP contribution < -0.4 is 4.74 Å². The monoisotopic (exact) mass is 315 g/mol. The molecule has 1 aliphatic rings. The first kappa shape index (κ1) is 14.9. The van der Waals surface area contributed by atoms with Gasteiger partial charge >= 0.3 is 0 Å². The standard InChI is InChI=1S/C18H18ClNO2/c1-22-16-7-6-14(17(19)11-16)10-18(21)20-9-8-13-4-2-3-5-15(13)12-20/h2-7,11H,8-10,12H2,1H3. The first-order valence-corrected chi connectivity index (χ1v) is 7.72. The number of hydrogen-bond acceptors (Lipinski definition) is 2. The second-order valence-corrected chi connectivity index (χ2v) is 5.88. The summed E-state index contributed by atoms with van der Waals surface area (Å²) in [7, 11) is 1.60. The van der Waals surface area contributed by atoms with Crippen LogP contribution in [0, 0.1) is 0 Å². The molecule has 22 heavy (non-hydrogen) atoms. The molecule has 0 bridgehead atoms. The van der Waals surface area contributed by atoms with E-state index in [-0.39, 0.29) is 5.91 Å². The minimum Gasteiger partial charge on any atom is -0.497 e. The van der Waals surface area contributed by atoms with Crippen LogP contribution in [0.5, 0.6) is 5.75 Å². The van der Waals surface area contributed by atoms with Crippen molar-refractivity contribution < 1.29 is 9.53 Å². The van der Waals surface area contributed by atoms with Gasteiger partial charge in [0, 0.05) is 18.1 Å². The molecule has 1 aliphatic heterocycles. The number of methoxy groups -OCH3 is 1. The SMILES string of the molecule is COc1ccc(CC(=O)N2CCc3ccccc3C2)c(Cl)c1. The summed E-state index contributed by atoms with van der Waals surface area (Å²) >= 11 is 6.22. The van der Waals surface area contributed by atoms with Crippen molar-refractivity contribution >= 4 is 17.5 Å². The Balaban J connectivity index is 1.71. The zero-order valence-electron chi connectivity index (χ0n) is 12.5. The van der Waals surface area contributed by atoms with E-state index in [2.05, 4.69) is 12.1 Å². The number of halogens is 1. The van der Waals surface area contributed by atoms with E-state index < -0.39 is 0 Å². The van der Waals surface area contributed by atoms with Crippen LogP contribution in [0.3, 0.4) is 0 Å². The van der Waals surface area contributed by atoms with Gasteiger partial charge in [-0.15, -0.1) is 0 Å². The number of hydrogen-bond donors (Lipinski definition) is 0. The molecule has 0 saturated heterocycles. The first-order valence-electron chi connectivity index (χ1n) is 7.34. The summed E-state index contributed by atoms with van der Waals surface area (Å²) in [6.07, 6.45) is 1.24. The largest absolute Gasteiger partial charge is 0.497 e. The third kappa shape index (κ3) is 3.09. The predicted molar refractivity (Wildman–Crippen MR) is 87.3 cm³/mol. The van der Waals surface area contributed by atoms with Gasteiger partial charge in [-0.1, -0.05) is 41.9 Å². The molecule has 1 amide bonds. The molecule has 0 unspecified atom stereocenters. The molecule has 0 aromatic heterocycles. The normalized spacial score (nSPS) is 13.6. The lowest BCUT2D eigenvalue weighted by molar-refractivity contribution is -0.131. The summed E-state index contributed by atoms with van der Waals surface area (Å²) in [5.41, 5.74) is 3.42. The first-order chi connectivity index (χ1) is 10.7. The Hall–Kier alpha value is -2.00. The van der Waals surface area contributed by atoms with Gasteiger partial charge in [0.05, 0.1) is 13.5 Å². The molecule has 4 heteroatoms. The van der Waals surface area contributed by atoms with Crippen molar-refractivity contribution in [3.63, 3.8) is 0 Å². The van der Waals surface area contributed by atoms with Crippen LogP contribution in [0.25, 0.3) is 0 Å². The molecule has 3 nitrogen and oxygen atoms in total. The molecular formula is C18H18ClNO2. The van der Waals surface area contributed by atoms with Crippen molar-refractivity contribution in [3.8, 4) is 5.75 Å². The summed E-state index contributed by atoms with van der Waals surface area (Å²) in [5.74, 6) is 0.815. The van der Waals surface area contributed by atoms with Crippen molar-refractivity contribution in [1.82, 2.24) is 4.90 Å². The van der Waals surface area contributed by atoms with Gasteiger partial charge in [-0.05, 0) is 35.2 Å². The van der Waals surface area contributed by atoms with E-state index in [1.807, 2.05) is 29.2 Å². The van der Waals surface area contributed by atoms with Gasteiger partial charge in [0.15, 0.2) is 0 Å². The lowest BCUT2D eigenvalue weighted by atomic mass is 9.99. The Morgan fingerprint density at radius 3 is 2.73 bits per heavy atom. The van der Waals surface area contributed by atoms with Gasteiger partial charge in [-0.25, -0.2) is 0 Å². The van der Waals surface area contributed by atoms with Crippen LogP contribution in [0.4, 0.5) is 0 Å². The van der Waals surface area contributed by atoms with Crippen LogP contribution in [-0.2, 0) is 24.2 Å². The van der Waals surface area contributed by atoms with Crippen molar-refractivity contribution in [3.05, 3.63) is 64.2 Å². The van der Waals surface area contributed by atoms with Crippen LogP contribution in [0.15, 0.2) is 42.5 Å². The number of benzene rings is 2. The van der Waals surface area contributed by atoms with E-state index in [1.54, 1.807) is 13.2 Å². The van der Waals surface area contributed by atoms with Gasteiger partial charge in [-0.3, -0.25) is 4.79 Å². The molecule has 0 saturated carbocycles. The van der Waals surface area contributed by atoms with Crippen molar-refractivity contribution in [2.24, 2.45) is 0 Å². The van der Waals surface area contributed by atoms with Gasteiger partial charge < -0.3 is 9.64 Å². The van der Waals surface area contributed by atoms with E-state index >= 15 is 0 Å². The molecule has 0 atom stereocenters. The lowest BCUT2D eigenvalue weighted by Gasteiger charge is -2.29. The maximum Gasteiger partial charge on any atom is 0.227 e. The van der Waals surface area contributed by atoms with Crippen molar-refractivity contribution in [2.75, 3.05) is 13.7 Å². The third-order valence-corrected chi connectivity index (χ3v) is 4.44. The zero-order chi connectivity index (χ0) is 15.5. The smallest absolute Gasteiger partial charge is 0.227 e. The second kappa shape index (κ2) is 6.41. The average Bonchev–Trinajstić information content (AvgIpc) is 2.56. The Morgan fingerprint density at radius 1 is 1.23 bits per heavy atom. The van der Waals surface area contributed by atoms with E-state index in [1.165, 1.54) is 11.1 Å². The third-order valence-electron chi connectivity index (χ3n) is 4.09. The zero-order valence-corrected chi connectivity index (χ0v) is 13.3. The Morgan fingerprint density at radius 2 is 2.00 bits per heavy atom.